The van der Waals surface area contributed by atoms with E-state index in [0.717, 1.165) is 0 Å². The molecule has 6 heteroatoms. The summed E-state index contributed by atoms with van der Waals surface area (Å²) in [5, 5.41) is 10.4. The molecule has 0 amide bonds. The third-order valence-electron chi connectivity index (χ3n) is 1.74. The molecule has 0 aromatic carbocycles. The van der Waals surface area contributed by atoms with Crippen LogP contribution in [0.4, 0.5) is 5.69 Å². The lowest BCUT2D eigenvalue weighted by Gasteiger charge is -2.00. The molecule has 1 heterocycles. The van der Waals surface area contributed by atoms with Crippen LogP contribution in [-0.2, 0) is 4.79 Å². The number of hydrogen-bond donors (Lipinski definition) is 0. The monoisotopic (exact) mass is 226 g/mol. The summed E-state index contributed by atoms with van der Waals surface area (Å²) in [5.41, 5.74) is 0.759. The van der Waals surface area contributed by atoms with Crippen LogP contribution in [0.15, 0.2) is 12.1 Å². The molecule has 5 nitrogen and oxygen atoms in total. The first-order valence-corrected chi connectivity index (χ1v) is 4.37. The number of aldehydes is 1. The lowest BCUT2D eigenvalue weighted by Crippen LogP contribution is -1.95. The van der Waals surface area contributed by atoms with E-state index in [2.05, 4.69) is 4.98 Å². The molecule has 0 N–H and O–H groups in total. The number of rotatable bonds is 3. The third kappa shape index (κ3) is 2.60. The molecule has 15 heavy (non-hydrogen) atoms. The fraction of sp³-hybridized carbons (Fsp3) is 0.111. The van der Waals surface area contributed by atoms with Gasteiger partial charge in [0.25, 0.3) is 0 Å². The van der Waals surface area contributed by atoms with Crippen molar-refractivity contribution in [2.45, 2.75) is 6.92 Å². The van der Waals surface area contributed by atoms with Crippen LogP contribution in [0, 0.1) is 17.0 Å². The molecule has 0 saturated carbocycles. The van der Waals surface area contributed by atoms with E-state index in [1.54, 1.807) is 6.92 Å². The molecular formula is C9H7ClN2O3. The fourth-order valence-electron chi connectivity index (χ4n) is 1.02. The largest absolute Gasteiger partial charge is 0.307 e. The van der Waals surface area contributed by atoms with E-state index in [1.165, 1.54) is 18.2 Å². The van der Waals surface area contributed by atoms with Crippen molar-refractivity contribution in [1.29, 1.82) is 0 Å². The molecule has 0 aliphatic carbocycles. The average molecular weight is 227 g/mol. The SMILES string of the molecule is Cc1nc(Cl)c([N+](=O)[O-])cc1C=CC=O. The standard InChI is InChI=1S/C9H7ClN2O3/c1-6-7(3-2-4-13)5-8(12(14)15)9(10)11-6/h2-5H,1H3. The van der Waals surface area contributed by atoms with Crippen molar-refractivity contribution in [3.05, 3.63) is 38.7 Å². The van der Waals surface area contributed by atoms with Crippen LogP contribution in [0.1, 0.15) is 11.3 Å². The fourth-order valence-corrected chi connectivity index (χ4v) is 1.27. The summed E-state index contributed by atoms with van der Waals surface area (Å²) in [5.74, 6) is 0. The molecule has 78 valence electrons. The van der Waals surface area contributed by atoms with Gasteiger partial charge in [-0.2, -0.15) is 0 Å². The Morgan fingerprint density at radius 1 is 1.60 bits per heavy atom. The van der Waals surface area contributed by atoms with E-state index in [0.29, 0.717) is 17.5 Å². The van der Waals surface area contributed by atoms with Gasteiger partial charge in [-0.25, -0.2) is 4.98 Å². The minimum absolute atomic E-state index is 0.152. The van der Waals surface area contributed by atoms with Gasteiger partial charge >= 0.3 is 5.69 Å². The molecule has 0 aliphatic rings. The van der Waals surface area contributed by atoms with Gasteiger partial charge in [0.15, 0.2) is 0 Å². The second-order valence-corrected chi connectivity index (χ2v) is 3.08. The second-order valence-electron chi connectivity index (χ2n) is 2.73. The first-order chi connectivity index (χ1) is 7.06. The number of allylic oxidation sites excluding steroid dienone is 1. The van der Waals surface area contributed by atoms with Crippen LogP contribution in [0.25, 0.3) is 6.08 Å². The van der Waals surface area contributed by atoms with E-state index in [9.17, 15) is 14.9 Å². The average Bonchev–Trinajstić information content (AvgIpc) is 2.16. The predicted octanol–water partition coefficient (Wildman–Crippen LogP) is 2.16. The topological polar surface area (TPSA) is 73.1 Å². The Balaban J connectivity index is 3.29. The zero-order chi connectivity index (χ0) is 11.4. The number of nitrogens with zero attached hydrogens (tertiary/aromatic N) is 2. The molecular weight excluding hydrogens is 220 g/mol. The number of carbonyl (C=O) groups excluding carboxylic acids is 1. The number of carbonyl (C=O) groups is 1. The summed E-state index contributed by atoms with van der Waals surface area (Å²) in [7, 11) is 0. The molecule has 0 spiro atoms. The number of hydrogen-bond acceptors (Lipinski definition) is 4. The van der Waals surface area contributed by atoms with Crippen molar-refractivity contribution in [2.75, 3.05) is 0 Å². The van der Waals surface area contributed by atoms with E-state index < -0.39 is 4.92 Å². The first-order valence-electron chi connectivity index (χ1n) is 3.99. The van der Waals surface area contributed by atoms with Gasteiger partial charge in [-0.15, -0.1) is 0 Å². The maximum Gasteiger partial charge on any atom is 0.307 e. The van der Waals surface area contributed by atoms with E-state index in [4.69, 9.17) is 11.6 Å². The number of nitro groups is 1. The minimum atomic E-state index is -0.618. The highest BCUT2D eigenvalue weighted by molar-refractivity contribution is 6.31. The van der Waals surface area contributed by atoms with Gasteiger partial charge in [0.2, 0.25) is 5.15 Å². The summed E-state index contributed by atoms with van der Waals surface area (Å²) >= 11 is 5.58. The van der Waals surface area contributed by atoms with Gasteiger partial charge in [0, 0.05) is 17.3 Å². The lowest BCUT2D eigenvalue weighted by molar-refractivity contribution is -0.385. The highest BCUT2D eigenvalue weighted by atomic mass is 35.5. The Bertz CT molecular complexity index is 443. The van der Waals surface area contributed by atoms with Crippen molar-refractivity contribution >= 4 is 29.7 Å². The number of halogens is 1. The van der Waals surface area contributed by atoms with Gasteiger partial charge in [-0.3, -0.25) is 14.9 Å². The van der Waals surface area contributed by atoms with Crippen molar-refractivity contribution in [1.82, 2.24) is 4.98 Å². The Labute approximate surface area is 90.5 Å². The van der Waals surface area contributed by atoms with Gasteiger partial charge in [-0.1, -0.05) is 11.6 Å². The number of aromatic nitrogens is 1. The van der Waals surface area contributed by atoms with E-state index in [1.807, 2.05) is 0 Å². The molecule has 0 unspecified atom stereocenters. The summed E-state index contributed by atoms with van der Waals surface area (Å²) in [4.78, 5) is 23.8. The molecule has 0 saturated heterocycles. The maximum absolute atomic E-state index is 10.5. The molecule has 0 fully saturated rings. The van der Waals surface area contributed by atoms with Gasteiger partial charge in [-0.05, 0) is 19.1 Å². The Hall–Kier alpha value is -1.75. The van der Waals surface area contributed by atoms with Crippen molar-refractivity contribution in [3.63, 3.8) is 0 Å². The minimum Gasteiger partial charge on any atom is -0.299 e. The van der Waals surface area contributed by atoms with Crippen molar-refractivity contribution < 1.29 is 9.72 Å². The van der Waals surface area contributed by atoms with Crippen LogP contribution in [0.3, 0.4) is 0 Å². The van der Waals surface area contributed by atoms with Crippen LogP contribution >= 0.6 is 11.6 Å². The highest BCUT2D eigenvalue weighted by Gasteiger charge is 2.15. The molecule has 0 bridgehead atoms. The molecule has 0 atom stereocenters. The maximum atomic E-state index is 10.5. The second kappa shape index (κ2) is 4.65. The summed E-state index contributed by atoms with van der Waals surface area (Å²) < 4.78 is 0. The van der Waals surface area contributed by atoms with Crippen molar-refractivity contribution in [3.8, 4) is 0 Å². The third-order valence-corrected chi connectivity index (χ3v) is 2.02. The van der Waals surface area contributed by atoms with E-state index in [-0.39, 0.29) is 10.8 Å². The first kappa shape index (κ1) is 11.3. The number of aryl methyl sites for hydroxylation is 1. The lowest BCUT2D eigenvalue weighted by atomic mass is 10.2. The quantitative estimate of drug-likeness (QED) is 0.260. The normalized spacial score (nSPS) is 10.5. The molecule has 1 aromatic heterocycles. The van der Waals surface area contributed by atoms with Crippen LogP contribution in [-0.4, -0.2) is 16.2 Å². The summed E-state index contributed by atoms with van der Waals surface area (Å²) in [6.45, 7) is 1.65. The van der Waals surface area contributed by atoms with Gasteiger partial charge < -0.3 is 0 Å². The molecule has 0 radical (unpaired) electrons. The van der Waals surface area contributed by atoms with Crippen LogP contribution in [0.2, 0.25) is 5.15 Å². The zero-order valence-electron chi connectivity index (χ0n) is 7.81. The molecule has 0 aliphatic heterocycles. The zero-order valence-corrected chi connectivity index (χ0v) is 8.56. The van der Waals surface area contributed by atoms with Gasteiger partial charge in [0.05, 0.1) is 4.92 Å². The van der Waals surface area contributed by atoms with Crippen molar-refractivity contribution in [2.24, 2.45) is 0 Å². The highest BCUT2D eigenvalue weighted by Crippen LogP contribution is 2.25. The predicted molar refractivity (Wildman–Crippen MR) is 55.7 cm³/mol. The Kier molecular flexibility index (Phi) is 3.51. The number of pyridine rings is 1. The molecule has 1 aromatic rings. The van der Waals surface area contributed by atoms with Crippen LogP contribution in [0.5, 0.6) is 0 Å². The van der Waals surface area contributed by atoms with E-state index >= 15 is 0 Å². The smallest absolute Gasteiger partial charge is 0.299 e. The van der Waals surface area contributed by atoms with Gasteiger partial charge in [0.1, 0.15) is 6.29 Å². The summed E-state index contributed by atoms with van der Waals surface area (Å²) in [6.07, 6.45) is 3.26. The Morgan fingerprint density at radius 3 is 2.80 bits per heavy atom. The summed E-state index contributed by atoms with van der Waals surface area (Å²) in [6, 6.07) is 1.28. The van der Waals surface area contributed by atoms with Crippen LogP contribution < -0.4 is 0 Å². The molecule has 1 rings (SSSR count). The Morgan fingerprint density at radius 2 is 2.27 bits per heavy atom.